The third-order valence-corrected chi connectivity index (χ3v) is 4.04. The Bertz CT molecular complexity index is 680. The van der Waals surface area contributed by atoms with Crippen LogP contribution in [0.3, 0.4) is 0 Å². The normalized spacial score (nSPS) is 13.9. The fourth-order valence-electron chi connectivity index (χ4n) is 2.08. The molecule has 3 N–H and O–H groups in total. The van der Waals surface area contributed by atoms with Gasteiger partial charge in [0.05, 0.1) is 0 Å². The molecule has 0 spiro atoms. The molecule has 0 bridgehead atoms. The van der Waals surface area contributed by atoms with Gasteiger partial charge in [-0.1, -0.05) is 74.1 Å². The van der Waals surface area contributed by atoms with Crippen molar-refractivity contribution in [2.75, 3.05) is 5.73 Å². The predicted molar refractivity (Wildman–Crippen MR) is 91.4 cm³/mol. The zero-order valence-corrected chi connectivity index (χ0v) is 13.7. The van der Waals surface area contributed by atoms with Crippen molar-refractivity contribution in [1.82, 2.24) is 0 Å². The monoisotopic (exact) mass is 295 g/mol. The van der Waals surface area contributed by atoms with Crippen LogP contribution in [0.4, 0.5) is 5.69 Å². The minimum Gasteiger partial charge on any atom is -0.398 e. The number of benzene rings is 2. The zero-order chi connectivity index (χ0) is 15.5. The average Bonchev–Trinajstić information content (AvgIpc) is 2.45. The lowest BCUT2D eigenvalue weighted by Crippen LogP contribution is -2.28. The maximum atomic E-state index is 11.3. The van der Waals surface area contributed by atoms with Crippen LogP contribution in [0.25, 0.3) is 0 Å². The summed E-state index contributed by atoms with van der Waals surface area (Å²) in [5, 5.41) is 11.3. The molecular weight excluding hydrogens is 274 g/mol. The standard InChI is InChI=1S/C18H21NOSi/c1-21(2,3)14-13-18(20,15-9-5-4-6-10-15)16-11-7-8-12-17(16)19/h4-12,20H,19H2,1-3H3. The van der Waals surface area contributed by atoms with E-state index in [-0.39, 0.29) is 0 Å². The fraction of sp³-hybridized carbons (Fsp3) is 0.222. The molecule has 2 aromatic rings. The van der Waals surface area contributed by atoms with Crippen LogP contribution in [-0.4, -0.2) is 13.2 Å². The first-order chi connectivity index (χ1) is 9.83. The molecule has 0 aliphatic carbocycles. The van der Waals surface area contributed by atoms with E-state index in [1.54, 1.807) is 6.07 Å². The minimum atomic E-state index is -1.61. The lowest BCUT2D eigenvalue weighted by Gasteiger charge is -2.25. The van der Waals surface area contributed by atoms with Gasteiger partial charge in [-0.05, 0) is 6.07 Å². The van der Waals surface area contributed by atoms with E-state index in [0.29, 0.717) is 11.3 Å². The van der Waals surface area contributed by atoms with Crippen LogP contribution in [0.2, 0.25) is 19.6 Å². The second-order valence-electron chi connectivity index (χ2n) is 6.16. The summed E-state index contributed by atoms with van der Waals surface area (Å²) in [4.78, 5) is 0. The molecular formula is C18H21NOSi. The highest BCUT2D eigenvalue weighted by Gasteiger charge is 2.31. The smallest absolute Gasteiger partial charge is 0.178 e. The Morgan fingerprint density at radius 2 is 1.52 bits per heavy atom. The van der Waals surface area contributed by atoms with Gasteiger partial charge in [-0.25, -0.2) is 0 Å². The Labute approximate surface area is 127 Å². The Morgan fingerprint density at radius 3 is 2.10 bits per heavy atom. The van der Waals surface area contributed by atoms with Crippen LogP contribution >= 0.6 is 0 Å². The van der Waals surface area contributed by atoms with Gasteiger partial charge in [-0.2, -0.15) is 0 Å². The van der Waals surface area contributed by atoms with Crippen molar-refractivity contribution >= 4 is 13.8 Å². The van der Waals surface area contributed by atoms with Crippen molar-refractivity contribution < 1.29 is 5.11 Å². The van der Waals surface area contributed by atoms with Crippen molar-refractivity contribution in [1.29, 1.82) is 0 Å². The molecule has 0 fully saturated rings. The van der Waals surface area contributed by atoms with E-state index in [1.165, 1.54) is 0 Å². The van der Waals surface area contributed by atoms with Gasteiger partial charge >= 0.3 is 0 Å². The molecule has 0 amide bonds. The number of rotatable bonds is 2. The van der Waals surface area contributed by atoms with Crippen LogP contribution < -0.4 is 5.73 Å². The van der Waals surface area contributed by atoms with E-state index in [4.69, 9.17) is 5.73 Å². The third kappa shape index (κ3) is 3.55. The van der Waals surface area contributed by atoms with Crippen LogP contribution in [-0.2, 0) is 5.60 Å². The van der Waals surface area contributed by atoms with E-state index in [2.05, 4.69) is 31.1 Å². The van der Waals surface area contributed by atoms with Gasteiger partial charge in [0.2, 0.25) is 0 Å². The van der Waals surface area contributed by atoms with E-state index in [9.17, 15) is 5.11 Å². The molecule has 1 unspecified atom stereocenters. The summed E-state index contributed by atoms with van der Waals surface area (Å²) in [5.41, 5.74) is 9.90. The lowest BCUT2D eigenvalue weighted by atomic mass is 9.86. The van der Waals surface area contributed by atoms with Crippen molar-refractivity contribution in [3.8, 4) is 11.5 Å². The quantitative estimate of drug-likeness (QED) is 0.507. The molecule has 0 aromatic heterocycles. The highest BCUT2D eigenvalue weighted by molar-refractivity contribution is 6.83. The number of aliphatic hydroxyl groups is 1. The zero-order valence-electron chi connectivity index (χ0n) is 12.7. The van der Waals surface area contributed by atoms with Crippen LogP contribution in [0.1, 0.15) is 11.1 Å². The third-order valence-electron chi connectivity index (χ3n) is 3.16. The molecule has 3 heteroatoms. The summed E-state index contributed by atoms with van der Waals surface area (Å²) >= 11 is 0. The fourth-order valence-corrected chi connectivity index (χ4v) is 2.63. The van der Waals surface area contributed by atoms with Gasteiger partial charge in [-0.15, -0.1) is 5.54 Å². The summed E-state index contributed by atoms with van der Waals surface area (Å²) in [7, 11) is -1.61. The summed E-state index contributed by atoms with van der Waals surface area (Å²) < 4.78 is 0. The number of nitrogen functional groups attached to an aromatic ring is 1. The lowest BCUT2D eigenvalue weighted by molar-refractivity contribution is 0.146. The molecule has 2 nitrogen and oxygen atoms in total. The van der Waals surface area contributed by atoms with Crippen molar-refractivity contribution in [2.45, 2.75) is 25.2 Å². The summed E-state index contributed by atoms with van der Waals surface area (Å²) in [6.07, 6.45) is 0. The number of anilines is 1. The molecule has 0 saturated carbocycles. The molecule has 21 heavy (non-hydrogen) atoms. The van der Waals surface area contributed by atoms with Crippen LogP contribution in [0.5, 0.6) is 0 Å². The second kappa shape index (κ2) is 5.77. The van der Waals surface area contributed by atoms with Gasteiger partial charge < -0.3 is 10.8 Å². The predicted octanol–water partition coefficient (Wildman–Crippen LogP) is 3.39. The summed E-state index contributed by atoms with van der Waals surface area (Å²) in [6, 6.07) is 16.8. The maximum Gasteiger partial charge on any atom is 0.178 e. The molecule has 0 aliphatic rings. The Balaban J connectivity index is 2.65. The molecule has 0 radical (unpaired) electrons. The first kappa shape index (κ1) is 15.4. The number of nitrogens with two attached hydrogens (primary N) is 1. The first-order valence-electron chi connectivity index (χ1n) is 7.00. The van der Waals surface area contributed by atoms with E-state index in [0.717, 1.165) is 5.56 Å². The molecule has 0 heterocycles. The maximum absolute atomic E-state index is 11.3. The SMILES string of the molecule is C[Si](C)(C)C#CC(O)(c1ccccc1)c1ccccc1N. The summed E-state index contributed by atoms with van der Waals surface area (Å²) in [5.74, 6) is 3.10. The minimum absolute atomic E-state index is 0.550. The highest BCUT2D eigenvalue weighted by atomic mass is 28.3. The number of hydrogen-bond donors (Lipinski definition) is 2. The van der Waals surface area contributed by atoms with Gasteiger partial charge in [-0.3, -0.25) is 0 Å². The Hall–Kier alpha value is -2.02. The van der Waals surface area contributed by atoms with Crippen molar-refractivity contribution in [3.05, 3.63) is 65.7 Å². The largest absolute Gasteiger partial charge is 0.398 e. The van der Waals surface area contributed by atoms with Crippen LogP contribution in [0.15, 0.2) is 54.6 Å². The van der Waals surface area contributed by atoms with Gasteiger partial charge in [0, 0.05) is 16.8 Å². The van der Waals surface area contributed by atoms with Crippen molar-refractivity contribution in [3.63, 3.8) is 0 Å². The molecule has 0 aliphatic heterocycles. The van der Waals surface area contributed by atoms with E-state index < -0.39 is 13.7 Å². The molecule has 2 rings (SSSR count). The first-order valence-corrected chi connectivity index (χ1v) is 10.5. The van der Waals surface area contributed by atoms with Gasteiger partial charge in [0.25, 0.3) is 0 Å². The second-order valence-corrected chi connectivity index (χ2v) is 10.9. The Kier molecular flexibility index (Phi) is 4.22. The summed E-state index contributed by atoms with van der Waals surface area (Å²) in [6.45, 7) is 6.46. The highest BCUT2D eigenvalue weighted by Crippen LogP contribution is 2.32. The van der Waals surface area contributed by atoms with Crippen LogP contribution in [0, 0.1) is 11.5 Å². The number of hydrogen-bond acceptors (Lipinski definition) is 2. The van der Waals surface area contributed by atoms with E-state index >= 15 is 0 Å². The molecule has 0 saturated heterocycles. The van der Waals surface area contributed by atoms with Gasteiger partial charge in [0.15, 0.2) is 5.60 Å². The molecule has 2 aromatic carbocycles. The molecule has 108 valence electrons. The van der Waals surface area contributed by atoms with Crippen molar-refractivity contribution in [2.24, 2.45) is 0 Å². The average molecular weight is 295 g/mol. The van der Waals surface area contributed by atoms with E-state index in [1.807, 2.05) is 48.5 Å². The number of para-hydroxylation sites is 1. The molecule has 1 atom stereocenters. The topological polar surface area (TPSA) is 46.2 Å². The Morgan fingerprint density at radius 1 is 0.952 bits per heavy atom. The van der Waals surface area contributed by atoms with Gasteiger partial charge in [0.1, 0.15) is 8.07 Å².